The van der Waals surface area contributed by atoms with Gasteiger partial charge in [0.15, 0.2) is 11.2 Å². The van der Waals surface area contributed by atoms with Crippen LogP contribution in [0, 0.1) is 11.8 Å². The second-order valence-corrected chi connectivity index (χ2v) is 7.21. The monoisotopic (exact) mass is 316 g/mol. The molecular formula is C18H20O5. The van der Waals surface area contributed by atoms with Crippen LogP contribution in [-0.2, 0) is 25.5 Å². The van der Waals surface area contributed by atoms with Gasteiger partial charge in [0.1, 0.15) is 0 Å². The van der Waals surface area contributed by atoms with Crippen LogP contribution in [0.25, 0.3) is 0 Å². The van der Waals surface area contributed by atoms with Crippen molar-refractivity contribution in [2.45, 2.75) is 49.7 Å². The van der Waals surface area contributed by atoms with Gasteiger partial charge in [-0.15, -0.1) is 0 Å². The average molecular weight is 316 g/mol. The smallest absolute Gasteiger partial charge is 0.340 e. The maximum absolute atomic E-state index is 12.1. The van der Waals surface area contributed by atoms with Crippen LogP contribution < -0.4 is 0 Å². The Balaban J connectivity index is 1.86. The van der Waals surface area contributed by atoms with Crippen molar-refractivity contribution in [2.75, 3.05) is 0 Å². The highest BCUT2D eigenvalue weighted by Crippen LogP contribution is 2.57. The van der Waals surface area contributed by atoms with Gasteiger partial charge < -0.3 is 14.9 Å². The zero-order chi connectivity index (χ0) is 16.2. The first-order valence-corrected chi connectivity index (χ1v) is 8.25. The van der Waals surface area contributed by atoms with E-state index in [9.17, 15) is 19.8 Å². The molecule has 5 nitrogen and oxygen atoms in total. The number of hydrogen-bond acceptors (Lipinski definition) is 3. The molecule has 4 rings (SSSR count). The summed E-state index contributed by atoms with van der Waals surface area (Å²) in [7, 11) is 0. The van der Waals surface area contributed by atoms with Gasteiger partial charge in [-0.3, -0.25) is 0 Å². The number of aliphatic carboxylic acids is 2. The first kappa shape index (κ1) is 14.7. The summed E-state index contributed by atoms with van der Waals surface area (Å²) in [6.07, 6.45) is 4.68. The van der Waals surface area contributed by atoms with Gasteiger partial charge in [0.25, 0.3) is 0 Å². The lowest BCUT2D eigenvalue weighted by Crippen LogP contribution is -2.43. The second kappa shape index (κ2) is 4.81. The number of benzene rings is 1. The summed E-state index contributed by atoms with van der Waals surface area (Å²) in [6.45, 7) is 0. The minimum atomic E-state index is -1.52. The van der Waals surface area contributed by atoms with Crippen molar-refractivity contribution in [3.8, 4) is 0 Å². The maximum atomic E-state index is 12.1. The largest absolute Gasteiger partial charge is 0.479 e. The molecule has 2 unspecified atom stereocenters. The zero-order valence-corrected chi connectivity index (χ0v) is 12.8. The standard InChI is InChI=1S/C18H20O5/c19-15(20)17(9-11-5-6-11)13-3-1-2-4-14(13)18(23-17,16(21)22)10-12-7-8-12/h1-4,11-12H,5-10H2,(H,19,20)(H,21,22). The molecule has 2 N–H and O–H groups in total. The molecule has 1 heterocycles. The highest BCUT2D eigenvalue weighted by molar-refractivity contribution is 5.88. The summed E-state index contributed by atoms with van der Waals surface area (Å²) in [5.74, 6) is -1.53. The van der Waals surface area contributed by atoms with Crippen LogP contribution in [0.2, 0.25) is 0 Å². The van der Waals surface area contributed by atoms with Crippen LogP contribution in [0.5, 0.6) is 0 Å². The Morgan fingerprint density at radius 3 is 1.61 bits per heavy atom. The van der Waals surface area contributed by atoms with E-state index in [1.165, 1.54) is 0 Å². The fourth-order valence-corrected chi connectivity index (χ4v) is 3.85. The minimum Gasteiger partial charge on any atom is -0.479 e. The Labute approximate surface area is 134 Å². The average Bonchev–Trinajstić information content (AvgIpc) is 3.41. The van der Waals surface area contributed by atoms with Gasteiger partial charge in [-0.25, -0.2) is 9.59 Å². The number of carbonyl (C=O) groups is 2. The van der Waals surface area contributed by atoms with Gasteiger partial charge in [0.05, 0.1) is 0 Å². The molecule has 2 fully saturated rings. The number of hydrogen-bond donors (Lipinski definition) is 2. The molecule has 0 spiro atoms. The zero-order valence-electron chi connectivity index (χ0n) is 12.8. The van der Waals surface area contributed by atoms with Crippen molar-refractivity contribution in [3.63, 3.8) is 0 Å². The number of carboxylic acids is 2. The lowest BCUT2D eigenvalue weighted by atomic mass is 9.83. The van der Waals surface area contributed by atoms with Gasteiger partial charge in [0.2, 0.25) is 0 Å². The molecule has 0 saturated heterocycles. The Morgan fingerprint density at radius 2 is 1.30 bits per heavy atom. The summed E-state index contributed by atoms with van der Waals surface area (Å²) in [6, 6.07) is 6.98. The number of rotatable bonds is 6. The normalized spacial score (nSPS) is 32.5. The summed E-state index contributed by atoms with van der Waals surface area (Å²) in [4.78, 5) is 24.3. The topological polar surface area (TPSA) is 83.8 Å². The molecule has 0 radical (unpaired) electrons. The van der Waals surface area contributed by atoms with Crippen molar-refractivity contribution >= 4 is 11.9 Å². The lowest BCUT2D eigenvalue weighted by molar-refractivity contribution is -0.205. The molecule has 23 heavy (non-hydrogen) atoms. The SMILES string of the molecule is O=C(O)C1(CC2CC2)OC(CC2CC2)(C(=O)O)c2ccccc21. The quantitative estimate of drug-likeness (QED) is 0.843. The third-order valence-electron chi connectivity index (χ3n) is 5.38. The molecule has 5 heteroatoms. The summed E-state index contributed by atoms with van der Waals surface area (Å²) in [5.41, 5.74) is -1.99. The molecule has 0 amide bonds. The lowest BCUT2D eigenvalue weighted by Gasteiger charge is -2.31. The molecule has 1 aliphatic heterocycles. The van der Waals surface area contributed by atoms with E-state index >= 15 is 0 Å². The van der Waals surface area contributed by atoms with Crippen LogP contribution in [0.1, 0.15) is 49.7 Å². The van der Waals surface area contributed by atoms with Crippen LogP contribution in [-0.4, -0.2) is 22.2 Å². The third-order valence-corrected chi connectivity index (χ3v) is 5.38. The van der Waals surface area contributed by atoms with Crippen LogP contribution in [0.3, 0.4) is 0 Å². The van der Waals surface area contributed by atoms with Crippen molar-refractivity contribution in [1.82, 2.24) is 0 Å². The predicted molar refractivity (Wildman–Crippen MR) is 80.8 cm³/mol. The molecule has 3 aliphatic rings. The molecule has 1 aromatic carbocycles. The van der Waals surface area contributed by atoms with Gasteiger partial charge >= 0.3 is 11.9 Å². The van der Waals surface area contributed by atoms with Crippen molar-refractivity contribution in [3.05, 3.63) is 35.4 Å². The molecule has 122 valence electrons. The first-order valence-electron chi connectivity index (χ1n) is 8.25. The first-order chi connectivity index (χ1) is 11.0. The highest BCUT2D eigenvalue weighted by Gasteiger charge is 2.63. The van der Waals surface area contributed by atoms with Gasteiger partial charge in [-0.2, -0.15) is 0 Å². The predicted octanol–water partition coefficient (Wildman–Crippen LogP) is 2.88. The summed E-state index contributed by atoms with van der Waals surface area (Å²) >= 11 is 0. The molecule has 1 aromatic rings. The summed E-state index contributed by atoms with van der Waals surface area (Å²) < 4.78 is 6.03. The molecule has 2 saturated carbocycles. The van der Waals surface area contributed by atoms with Crippen LogP contribution in [0.4, 0.5) is 0 Å². The van der Waals surface area contributed by atoms with E-state index in [2.05, 4.69) is 0 Å². The van der Waals surface area contributed by atoms with Crippen LogP contribution >= 0.6 is 0 Å². The Kier molecular flexibility index (Phi) is 3.07. The minimum absolute atomic E-state index is 0.310. The van der Waals surface area contributed by atoms with Gasteiger partial charge in [0, 0.05) is 11.1 Å². The van der Waals surface area contributed by atoms with E-state index in [0.29, 0.717) is 35.8 Å². The second-order valence-electron chi connectivity index (χ2n) is 7.21. The van der Waals surface area contributed by atoms with Crippen molar-refractivity contribution < 1.29 is 24.5 Å². The maximum Gasteiger partial charge on any atom is 0.340 e. The van der Waals surface area contributed by atoms with E-state index in [4.69, 9.17) is 4.74 Å². The Morgan fingerprint density at radius 1 is 0.913 bits per heavy atom. The molecular weight excluding hydrogens is 296 g/mol. The molecule has 0 bridgehead atoms. The molecule has 0 aromatic heterocycles. The van der Waals surface area contributed by atoms with E-state index in [-0.39, 0.29) is 0 Å². The van der Waals surface area contributed by atoms with Crippen molar-refractivity contribution in [2.24, 2.45) is 11.8 Å². The van der Waals surface area contributed by atoms with E-state index < -0.39 is 23.1 Å². The van der Waals surface area contributed by atoms with Crippen LogP contribution in [0.15, 0.2) is 24.3 Å². The number of fused-ring (bicyclic) bond motifs is 1. The molecule has 2 aliphatic carbocycles. The van der Waals surface area contributed by atoms with E-state index in [0.717, 1.165) is 25.7 Å². The van der Waals surface area contributed by atoms with E-state index in [1.807, 2.05) is 0 Å². The number of carboxylic acid groups (broad SMARTS) is 2. The summed E-state index contributed by atoms with van der Waals surface area (Å²) in [5, 5.41) is 19.9. The fourth-order valence-electron chi connectivity index (χ4n) is 3.85. The number of ether oxygens (including phenoxy) is 1. The molecule has 2 atom stereocenters. The van der Waals surface area contributed by atoms with E-state index in [1.54, 1.807) is 24.3 Å². The van der Waals surface area contributed by atoms with Gasteiger partial charge in [-0.1, -0.05) is 49.9 Å². The Hall–Kier alpha value is -1.88. The Bertz CT molecular complexity index is 619. The fraction of sp³-hybridized carbons (Fsp3) is 0.556. The third kappa shape index (κ3) is 2.17. The van der Waals surface area contributed by atoms with Gasteiger partial charge in [-0.05, 0) is 24.7 Å². The van der Waals surface area contributed by atoms with Crippen molar-refractivity contribution in [1.29, 1.82) is 0 Å². The highest BCUT2D eigenvalue weighted by atomic mass is 16.6.